The summed E-state index contributed by atoms with van der Waals surface area (Å²) in [7, 11) is 1.52. The number of ether oxygens (including phenoxy) is 1. The smallest absolute Gasteiger partial charge is 0.323 e. The zero-order valence-electron chi connectivity index (χ0n) is 11.9. The van der Waals surface area contributed by atoms with Gasteiger partial charge in [0.05, 0.1) is 11.0 Å². The zero-order valence-corrected chi connectivity index (χ0v) is 11.9. The normalized spacial score (nSPS) is 15.0. The fourth-order valence-corrected chi connectivity index (χ4v) is 1.85. The number of halogens is 1. The summed E-state index contributed by atoms with van der Waals surface area (Å²) in [6.07, 6.45) is -0.392. The van der Waals surface area contributed by atoms with Gasteiger partial charge in [-0.2, -0.15) is 4.39 Å². The number of nitrogens with one attached hydrogen (secondary N) is 1. The molecule has 0 heterocycles. The van der Waals surface area contributed by atoms with Crippen molar-refractivity contribution in [2.75, 3.05) is 7.05 Å². The molecule has 0 aromatic heterocycles. The van der Waals surface area contributed by atoms with Crippen molar-refractivity contribution in [3.8, 4) is 5.75 Å². The number of benzene rings is 1. The van der Waals surface area contributed by atoms with Crippen molar-refractivity contribution in [1.82, 2.24) is 5.32 Å². The van der Waals surface area contributed by atoms with Crippen molar-refractivity contribution < 1.29 is 24.0 Å². The van der Waals surface area contributed by atoms with Gasteiger partial charge in [0.1, 0.15) is 11.3 Å². The molecule has 8 heteroatoms. The molecule has 0 saturated heterocycles. The summed E-state index contributed by atoms with van der Waals surface area (Å²) in [5.41, 5.74) is -1.82. The standard InChI is InChI=1S/C13H17FN2O5/c1-8(7-13(2,15-3)12(17)18)21-9-4-5-11(16(19)20)10(14)6-9/h4-6,8,15H,7H2,1-3H3,(H,17,18). The van der Waals surface area contributed by atoms with Crippen LogP contribution in [0.15, 0.2) is 18.2 Å². The average Bonchev–Trinajstić information content (AvgIpc) is 2.37. The molecule has 2 N–H and O–H groups in total. The summed E-state index contributed by atoms with van der Waals surface area (Å²) in [5.74, 6) is -1.93. The summed E-state index contributed by atoms with van der Waals surface area (Å²) in [5, 5.41) is 22.3. The topological polar surface area (TPSA) is 102 Å². The van der Waals surface area contributed by atoms with Gasteiger partial charge in [0.15, 0.2) is 0 Å². The molecule has 1 rings (SSSR count). The van der Waals surface area contributed by atoms with Crippen LogP contribution in [0.2, 0.25) is 0 Å². The molecule has 1 aromatic rings. The van der Waals surface area contributed by atoms with Crippen LogP contribution in [0.4, 0.5) is 10.1 Å². The van der Waals surface area contributed by atoms with Crippen molar-refractivity contribution in [1.29, 1.82) is 0 Å². The number of nitro groups is 1. The number of nitrogens with zero attached hydrogens (tertiary/aromatic N) is 1. The maximum absolute atomic E-state index is 13.5. The molecular formula is C13H17FN2O5. The molecule has 0 fully saturated rings. The number of aliphatic carboxylic acids is 1. The van der Waals surface area contributed by atoms with Gasteiger partial charge in [0, 0.05) is 18.6 Å². The minimum Gasteiger partial charge on any atom is -0.491 e. The number of carbonyl (C=O) groups is 1. The number of hydrogen-bond donors (Lipinski definition) is 2. The molecule has 0 aliphatic carbocycles. The molecule has 0 spiro atoms. The Morgan fingerprint density at radius 3 is 2.67 bits per heavy atom. The van der Waals surface area contributed by atoms with E-state index in [1.54, 1.807) is 6.92 Å². The Bertz CT molecular complexity index is 551. The fraction of sp³-hybridized carbons (Fsp3) is 0.462. The monoisotopic (exact) mass is 300 g/mol. The van der Waals surface area contributed by atoms with Crippen LogP contribution in [0, 0.1) is 15.9 Å². The Labute approximate surface area is 120 Å². The summed E-state index contributed by atoms with van der Waals surface area (Å²) in [4.78, 5) is 20.8. The van der Waals surface area contributed by atoms with Gasteiger partial charge in [-0.25, -0.2) is 0 Å². The van der Waals surface area contributed by atoms with Crippen molar-refractivity contribution in [2.24, 2.45) is 0 Å². The minimum absolute atomic E-state index is 0.106. The first kappa shape index (κ1) is 16.8. The Morgan fingerprint density at radius 1 is 1.62 bits per heavy atom. The average molecular weight is 300 g/mol. The number of carboxylic acids is 1. The van der Waals surface area contributed by atoms with E-state index >= 15 is 0 Å². The zero-order chi connectivity index (χ0) is 16.2. The molecule has 2 unspecified atom stereocenters. The molecule has 1 aromatic carbocycles. The summed E-state index contributed by atoms with van der Waals surface area (Å²) < 4.78 is 18.9. The first-order chi connectivity index (χ1) is 9.69. The molecule has 0 radical (unpaired) electrons. The maximum Gasteiger partial charge on any atom is 0.323 e. The second kappa shape index (κ2) is 6.49. The van der Waals surface area contributed by atoms with Gasteiger partial charge in [-0.15, -0.1) is 0 Å². The highest BCUT2D eigenvalue weighted by Gasteiger charge is 2.33. The number of nitro benzene ring substituents is 1. The second-order valence-corrected chi connectivity index (χ2v) is 4.89. The van der Waals surface area contributed by atoms with Crippen LogP contribution < -0.4 is 10.1 Å². The van der Waals surface area contributed by atoms with E-state index in [-0.39, 0.29) is 12.2 Å². The van der Waals surface area contributed by atoms with Crippen LogP contribution in [-0.4, -0.2) is 34.7 Å². The highest BCUT2D eigenvalue weighted by Crippen LogP contribution is 2.24. The molecule has 0 aliphatic heterocycles. The number of likely N-dealkylation sites (N-methyl/N-ethyl adjacent to an activating group) is 1. The fourth-order valence-electron chi connectivity index (χ4n) is 1.85. The van der Waals surface area contributed by atoms with Gasteiger partial charge in [-0.1, -0.05) is 0 Å². The SMILES string of the molecule is CNC(C)(CC(C)Oc1ccc([N+](=O)[O-])c(F)c1)C(=O)O. The molecule has 7 nitrogen and oxygen atoms in total. The first-order valence-electron chi connectivity index (χ1n) is 6.22. The highest BCUT2D eigenvalue weighted by atomic mass is 19.1. The number of carboxylic acid groups (broad SMARTS) is 1. The van der Waals surface area contributed by atoms with Crippen LogP contribution >= 0.6 is 0 Å². The van der Waals surface area contributed by atoms with Gasteiger partial charge < -0.3 is 15.2 Å². The summed E-state index contributed by atoms with van der Waals surface area (Å²) >= 11 is 0. The molecule has 2 atom stereocenters. The van der Waals surface area contributed by atoms with Gasteiger partial charge in [-0.05, 0) is 27.0 Å². The van der Waals surface area contributed by atoms with Crippen LogP contribution in [0.25, 0.3) is 0 Å². The van der Waals surface area contributed by atoms with Crippen molar-refractivity contribution in [3.63, 3.8) is 0 Å². The van der Waals surface area contributed by atoms with E-state index in [9.17, 15) is 19.3 Å². The Balaban J connectivity index is 2.80. The van der Waals surface area contributed by atoms with Crippen LogP contribution in [0.5, 0.6) is 5.75 Å². The van der Waals surface area contributed by atoms with Crippen LogP contribution in [-0.2, 0) is 4.79 Å². The van der Waals surface area contributed by atoms with E-state index in [1.807, 2.05) is 0 Å². The summed E-state index contributed by atoms with van der Waals surface area (Å²) in [6.45, 7) is 3.14. The van der Waals surface area contributed by atoms with E-state index in [1.165, 1.54) is 20.0 Å². The molecule has 0 saturated carbocycles. The molecule has 0 bridgehead atoms. The quantitative estimate of drug-likeness (QED) is 0.589. The molecule has 21 heavy (non-hydrogen) atoms. The van der Waals surface area contributed by atoms with E-state index in [4.69, 9.17) is 9.84 Å². The van der Waals surface area contributed by atoms with E-state index < -0.39 is 34.0 Å². The third-order valence-corrected chi connectivity index (χ3v) is 3.17. The lowest BCUT2D eigenvalue weighted by Gasteiger charge is -2.27. The maximum atomic E-state index is 13.5. The minimum atomic E-state index is -1.18. The molecular weight excluding hydrogens is 283 g/mol. The molecule has 0 aliphatic rings. The van der Waals surface area contributed by atoms with Crippen LogP contribution in [0.1, 0.15) is 20.3 Å². The Kier molecular flexibility index (Phi) is 5.20. The lowest BCUT2D eigenvalue weighted by molar-refractivity contribution is -0.387. The van der Waals surface area contributed by atoms with Crippen molar-refractivity contribution in [3.05, 3.63) is 34.1 Å². The lowest BCUT2D eigenvalue weighted by Crippen LogP contribution is -2.50. The van der Waals surface area contributed by atoms with E-state index in [0.29, 0.717) is 0 Å². The van der Waals surface area contributed by atoms with Gasteiger partial charge in [-0.3, -0.25) is 14.9 Å². The van der Waals surface area contributed by atoms with Crippen LogP contribution in [0.3, 0.4) is 0 Å². The third kappa shape index (κ3) is 4.12. The van der Waals surface area contributed by atoms with Gasteiger partial charge >= 0.3 is 11.7 Å². The number of rotatable bonds is 7. The lowest BCUT2D eigenvalue weighted by atomic mass is 9.95. The third-order valence-electron chi connectivity index (χ3n) is 3.17. The Morgan fingerprint density at radius 2 is 2.24 bits per heavy atom. The molecule has 116 valence electrons. The van der Waals surface area contributed by atoms with E-state index in [0.717, 1.165) is 12.1 Å². The van der Waals surface area contributed by atoms with Gasteiger partial charge in [0.25, 0.3) is 0 Å². The van der Waals surface area contributed by atoms with Crippen molar-refractivity contribution in [2.45, 2.75) is 31.9 Å². The first-order valence-corrected chi connectivity index (χ1v) is 6.22. The summed E-state index contributed by atoms with van der Waals surface area (Å²) in [6, 6.07) is 3.19. The molecule has 0 amide bonds. The Hall–Kier alpha value is -2.22. The predicted octanol–water partition coefficient (Wildman–Crippen LogP) is 1.95. The predicted molar refractivity (Wildman–Crippen MR) is 72.9 cm³/mol. The van der Waals surface area contributed by atoms with E-state index in [2.05, 4.69) is 5.32 Å². The highest BCUT2D eigenvalue weighted by molar-refractivity contribution is 5.78. The van der Waals surface area contributed by atoms with Gasteiger partial charge in [0.2, 0.25) is 5.82 Å². The second-order valence-electron chi connectivity index (χ2n) is 4.89. The van der Waals surface area contributed by atoms with Crippen molar-refractivity contribution >= 4 is 11.7 Å². The largest absolute Gasteiger partial charge is 0.491 e. The number of hydrogen-bond acceptors (Lipinski definition) is 5.